The molecule has 21 heavy (non-hydrogen) atoms. The van der Waals surface area contributed by atoms with Crippen molar-refractivity contribution in [2.75, 3.05) is 0 Å². The van der Waals surface area contributed by atoms with Gasteiger partial charge in [0.2, 0.25) is 5.91 Å². The molecule has 0 aliphatic heterocycles. The van der Waals surface area contributed by atoms with E-state index in [2.05, 4.69) is 20.3 Å². The van der Waals surface area contributed by atoms with Gasteiger partial charge in [-0.2, -0.15) is 0 Å². The van der Waals surface area contributed by atoms with Crippen molar-refractivity contribution in [2.45, 2.75) is 13.0 Å². The molecule has 0 atom stereocenters. The number of rotatable bonds is 4. The van der Waals surface area contributed by atoms with Crippen LogP contribution < -0.4 is 11.0 Å². The van der Waals surface area contributed by atoms with Gasteiger partial charge >= 0.3 is 5.69 Å². The first kappa shape index (κ1) is 13.1. The largest absolute Gasteiger partial charge is 0.352 e. The van der Waals surface area contributed by atoms with Gasteiger partial charge in [0, 0.05) is 18.9 Å². The number of fused-ring (bicyclic) bond motifs is 1. The molecule has 0 spiro atoms. The summed E-state index contributed by atoms with van der Waals surface area (Å²) in [6.45, 7) is 0.419. The van der Waals surface area contributed by atoms with E-state index >= 15 is 0 Å². The molecule has 2 heterocycles. The summed E-state index contributed by atoms with van der Waals surface area (Å²) < 4.78 is 0. The van der Waals surface area contributed by atoms with Crippen molar-refractivity contribution in [1.29, 1.82) is 0 Å². The summed E-state index contributed by atoms with van der Waals surface area (Å²) in [6, 6.07) is 9.20. The van der Waals surface area contributed by atoms with E-state index in [4.69, 9.17) is 0 Å². The Balaban J connectivity index is 1.63. The molecule has 0 fully saturated rings. The number of benzene rings is 1. The summed E-state index contributed by atoms with van der Waals surface area (Å²) in [4.78, 5) is 32.4. The monoisotopic (exact) mass is 282 g/mol. The highest BCUT2D eigenvalue weighted by Crippen LogP contribution is 2.10. The van der Waals surface area contributed by atoms with Crippen LogP contribution in [0.25, 0.3) is 11.0 Å². The number of amides is 1. The van der Waals surface area contributed by atoms with E-state index in [-0.39, 0.29) is 11.6 Å². The summed E-state index contributed by atoms with van der Waals surface area (Å²) in [6.07, 6.45) is 3.65. The molecule has 6 nitrogen and oxygen atoms in total. The topological polar surface area (TPSA) is 90.6 Å². The number of nitrogens with zero attached hydrogens (tertiary/aromatic N) is 1. The molecule has 3 rings (SSSR count). The SMILES string of the molecule is O=C(Cc1cccnc1)NCc1ccc2[nH]c(=O)[nH]c2c1. The number of imidazole rings is 1. The van der Waals surface area contributed by atoms with Crippen LogP contribution in [0.15, 0.2) is 47.5 Å². The maximum absolute atomic E-state index is 11.9. The number of aromatic nitrogens is 3. The molecule has 2 aromatic heterocycles. The quantitative estimate of drug-likeness (QED) is 0.669. The zero-order valence-corrected chi connectivity index (χ0v) is 11.2. The van der Waals surface area contributed by atoms with E-state index in [1.54, 1.807) is 18.5 Å². The van der Waals surface area contributed by atoms with Crippen LogP contribution in [0, 0.1) is 0 Å². The fraction of sp³-hybridized carbons (Fsp3) is 0.133. The number of carbonyl (C=O) groups excluding carboxylic acids is 1. The maximum atomic E-state index is 11.9. The van der Waals surface area contributed by atoms with Gasteiger partial charge in [-0.05, 0) is 29.3 Å². The molecule has 3 aromatic rings. The highest BCUT2D eigenvalue weighted by molar-refractivity contribution is 5.79. The van der Waals surface area contributed by atoms with Gasteiger partial charge in [-0.25, -0.2) is 4.79 Å². The van der Waals surface area contributed by atoms with E-state index in [0.717, 1.165) is 22.2 Å². The zero-order chi connectivity index (χ0) is 14.7. The number of hydrogen-bond acceptors (Lipinski definition) is 3. The zero-order valence-electron chi connectivity index (χ0n) is 11.2. The first-order valence-electron chi connectivity index (χ1n) is 6.57. The summed E-state index contributed by atoms with van der Waals surface area (Å²) in [5.74, 6) is -0.0642. The minimum absolute atomic E-state index is 0.0642. The van der Waals surface area contributed by atoms with Crippen LogP contribution >= 0.6 is 0 Å². The fourth-order valence-electron chi connectivity index (χ4n) is 2.14. The highest BCUT2D eigenvalue weighted by atomic mass is 16.1. The molecule has 1 amide bonds. The lowest BCUT2D eigenvalue weighted by atomic mass is 10.2. The molecule has 0 radical (unpaired) electrons. The second-order valence-corrected chi connectivity index (χ2v) is 4.77. The fourth-order valence-corrected chi connectivity index (χ4v) is 2.14. The number of H-pyrrole nitrogens is 2. The first-order valence-corrected chi connectivity index (χ1v) is 6.57. The standard InChI is InChI=1S/C15H14N4O2/c20-14(7-10-2-1-5-16-8-10)17-9-11-3-4-12-13(6-11)19-15(21)18-12/h1-6,8H,7,9H2,(H,17,20)(H2,18,19,21). The van der Waals surface area contributed by atoms with Crippen molar-refractivity contribution >= 4 is 16.9 Å². The summed E-state index contributed by atoms with van der Waals surface area (Å²) in [7, 11) is 0. The van der Waals surface area contributed by atoms with Gasteiger partial charge in [0.1, 0.15) is 0 Å². The lowest BCUT2D eigenvalue weighted by Crippen LogP contribution is -2.24. The predicted molar refractivity (Wildman–Crippen MR) is 78.7 cm³/mol. The first-order chi connectivity index (χ1) is 10.2. The Labute approximate surface area is 120 Å². The number of pyridine rings is 1. The van der Waals surface area contributed by atoms with Gasteiger partial charge in [0.25, 0.3) is 0 Å². The molecule has 6 heteroatoms. The minimum Gasteiger partial charge on any atom is -0.352 e. The normalized spacial score (nSPS) is 10.7. The van der Waals surface area contributed by atoms with E-state index in [1.807, 2.05) is 24.3 Å². The molecule has 0 unspecified atom stereocenters. The van der Waals surface area contributed by atoms with Crippen molar-refractivity contribution in [2.24, 2.45) is 0 Å². The number of carbonyl (C=O) groups is 1. The number of aromatic amines is 2. The molecular formula is C15H14N4O2. The summed E-state index contributed by atoms with van der Waals surface area (Å²) >= 11 is 0. The van der Waals surface area contributed by atoms with Gasteiger partial charge in [0.05, 0.1) is 17.5 Å². The van der Waals surface area contributed by atoms with E-state index < -0.39 is 0 Å². The van der Waals surface area contributed by atoms with Crippen LogP contribution in [-0.2, 0) is 17.8 Å². The molecule has 0 saturated heterocycles. The highest BCUT2D eigenvalue weighted by Gasteiger charge is 2.04. The predicted octanol–water partition coefficient (Wildman–Crippen LogP) is 1.11. The van der Waals surface area contributed by atoms with E-state index in [9.17, 15) is 9.59 Å². The van der Waals surface area contributed by atoms with Crippen LogP contribution in [0.5, 0.6) is 0 Å². The Hall–Kier alpha value is -2.89. The van der Waals surface area contributed by atoms with Crippen LogP contribution in [0.1, 0.15) is 11.1 Å². The Morgan fingerprint density at radius 2 is 2.00 bits per heavy atom. The second-order valence-electron chi connectivity index (χ2n) is 4.77. The average molecular weight is 282 g/mol. The molecular weight excluding hydrogens is 268 g/mol. The van der Waals surface area contributed by atoms with Crippen molar-refractivity contribution in [3.8, 4) is 0 Å². The molecule has 0 saturated carbocycles. The minimum atomic E-state index is -0.234. The van der Waals surface area contributed by atoms with Crippen molar-refractivity contribution in [1.82, 2.24) is 20.3 Å². The number of hydrogen-bond donors (Lipinski definition) is 3. The van der Waals surface area contributed by atoms with Gasteiger partial charge in [-0.15, -0.1) is 0 Å². The van der Waals surface area contributed by atoms with E-state index in [1.165, 1.54) is 0 Å². The van der Waals surface area contributed by atoms with Crippen LogP contribution in [-0.4, -0.2) is 20.9 Å². The lowest BCUT2D eigenvalue weighted by molar-refractivity contribution is -0.120. The van der Waals surface area contributed by atoms with E-state index in [0.29, 0.717) is 13.0 Å². The molecule has 0 aliphatic carbocycles. The molecule has 3 N–H and O–H groups in total. The third kappa shape index (κ3) is 3.17. The maximum Gasteiger partial charge on any atom is 0.323 e. The molecule has 0 aliphatic rings. The van der Waals surface area contributed by atoms with Crippen molar-refractivity contribution in [3.63, 3.8) is 0 Å². The summed E-state index contributed by atoms with van der Waals surface area (Å²) in [5, 5.41) is 2.85. The smallest absolute Gasteiger partial charge is 0.323 e. The Kier molecular flexibility index (Phi) is 3.51. The second kappa shape index (κ2) is 5.62. The van der Waals surface area contributed by atoms with Crippen LogP contribution in [0.3, 0.4) is 0 Å². The Morgan fingerprint density at radius 3 is 2.81 bits per heavy atom. The van der Waals surface area contributed by atoms with Gasteiger partial charge in [-0.3, -0.25) is 9.78 Å². The molecule has 0 bridgehead atoms. The average Bonchev–Trinajstić information content (AvgIpc) is 2.85. The molecule has 106 valence electrons. The third-order valence-corrected chi connectivity index (χ3v) is 3.16. The Morgan fingerprint density at radius 1 is 1.14 bits per heavy atom. The Bertz CT molecular complexity index is 820. The van der Waals surface area contributed by atoms with Gasteiger partial charge < -0.3 is 15.3 Å². The van der Waals surface area contributed by atoms with Crippen molar-refractivity contribution in [3.05, 3.63) is 64.3 Å². The van der Waals surface area contributed by atoms with Crippen molar-refractivity contribution < 1.29 is 4.79 Å². The van der Waals surface area contributed by atoms with Gasteiger partial charge in [0.15, 0.2) is 0 Å². The van der Waals surface area contributed by atoms with Crippen LogP contribution in [0.4, 0.5) is 0 Å². The van der Waals surface area contributed by atoms with Gasteiger partial charge in [-0.1, -0.05) is 12.1 Å². The van der Waals surface area contributed by atoms with Crippen LogP contribution in [0.2, 0.25) is 0 Å². The number of nitrogens with one attached hydrogen (secondary N) is 3. The summed E-state index contributed by atoms with van der Waals surface area (Å²) in [5.41, 5.74) is 3.06. The lowest BCUT2D eigenvalue weighted by Gasteiger charge is -2.05. The molecule has 1 aromatic carbocycles. The third-order valence-electron chi connectivity index (χ3n) is 3.16.